The fourth-order valence-electron chi connectivity index (χ4n) is 4.33. The fourth-order valence-corrected chi connectivity index (χ4v) is 4.33. The molecule has 2 unspecified atom stereocenters. The van der Waals surface area contributed by atoms with Crippen molar-refractivity contribution in [3.05, 3.63) is 119 Å². The topological polar surface area (TPSA) is 48.0 Å². The first-order valence-electron chi connectivity index (χ1n) is 15.4. The second-order valence-electron chi connectivity index (χ2n) is 10.5. The maximum Gasteiger partial charge on any atom is 1.00 e. The van der Waals surface area contributed by atoms with Crippen LogP contribution in [0.25, 0.3) is 0 Å². The van der Waals surface area contributed by atoms with Gasteiger partial charge in [0.15, 0.2) is 0 Å². The molecule has 4 nitrogen and oxygen atoms in total. The van der Waals surface area contributed by atoms with Crippen molar-refractivity contribution in [3.8, 4) is 0 Å². The maximum atomic E-state index is 10.1. The third-order valence-corrected chi connectivity index (χ3v) is 6.87. The van der Waals surface area contributed by atoms with Crippen molar-refractivity contribution in [3.63, 3.8) is 0 Å². The standard InChI is InChI=1S/C18H23NO.C14H15N.C4H8O.CH3F.Na.H/c1-4-17(20)13-19(16-8-6-5-7-9-16)18-11-10-14(2)12-15(18)3;1-11-8-9-14(12(2)10-11)15-13-6-4-3-5-7-13;1-2-4-3-5-4;1-2;;/h5-12,17,20H,4,13H2,1-3H3;3-10,15H,1-2H3;4H,2-3H2,1H3;1H3;;/q;;;;+1;-1/i;;;1D;;. The molecule has 0 spiro atoms. The number of halogens is 1. The second-order valence-corrected chi connectivity index (χ2v) is 10.5. The Bertz CT molecular complexity index is 1330. The van der Waals surface area contributed by atoms with Crippen molar-refractivity contribution in [2.24, 2.45) is 0 Å². The molecular weight excluding hydrogens is 546 g/mol. The monoisotopic (exact) mass is 597 g/mol. The molecule has 0 amide bonds. The summed E-state index contributed by atoms with van der Waals surface area (Å²) >= 11 is 0. The normalized spacial score (nSPS) is 13.6. The van der Waals surface area contributed by atoms with Gasteiger partial charge in [-0.3, -0.25) is 4.39 Å². The van der Waals surface area contributed by atoms with Gasteiger partial charge in [-0.05, 0) is 88.1 Å². The van der Waals surface area contributed by atoms with E-state index in [0.29, 0.717) is 12.6 Å². The van der Waals surface area contributed by atoms with E-state index < -0.39 is 7.15 Å². The van der Waals surface area contributed by atoms with Crippen LogP contribution in [0, 0.1) is 27.7 Å². The zero-order valence-corrected chi connectivity index (χ0v) is 29.1. The number of benzene rings is 4. The van der Waals surface area contributed by atoms with Crippen molar-refractivity contribution in [1.82, 2.24) is 0 Å². The number of ether oxygens (including phenoxy) is 1. The summed E-state index contributed by atoms with van der Waals surface area (Å²) in [6, 6.07) is 33.3. The van der Waals surface area contributed by atoms with E-state index in [9.17, 15) is 9.50 Å². The third kappa shape index (κ3) is 14.1. The summed E-state index contributed by atoms with van der Waals surface area (Å²) in [4.78, 5) is 2.20. The van der Waals surface area contributed by atoms with Gasteiger partial charge in [0.25, 0.3) is 0 Å². The van der Waals surface area contributed by atoms with Crippen molar-refractivity contribution >= 4 is 22.7 Å². The molecule has 4 aromatic carbocycles. The molecule has 1 heterocycles. The quantitative estimate of drug-likeness (QED) is 0.174. The number of aliphatic hydroxyl groups is 1. The Balaban J connectivity index is 0.000000680. The van der Waals surface area contributed by atoms with E-state index >= 15 is 0 Å². The number of nitrogens with zero attached hydrogens (tertiary/aromatic N) is 1. The molecule has 1 aliphatic heterocycles. The van der Waals surface area contributed by atoms with Crippen molar-refractivity contribution in [2.75, 3.05) is 30.5 Å². The van der Waals surface area contributed by atoms with Gasteiger partial charge in [0, 0.05) is 29.3 Å². The number of para-hydroxylation sites is 2. The Labute approximate surface area is 284 Å². The number of aryl methyl sites for hydroxylation is 4. The van der Waals surface area contributed by atoms with Gasteiger partial charge in [-0.15, -0.1) is 0 Å². The van der Waals surface area contributed by atoms with Gasteiger partial charge in [0.2, 0.25) is 0 Å². The fraction of sp³-hybridized carbons (Fsp3) is 0.351. The Morgan fingerprint density at radius 2 is 1.44 bits per heavy atom. The average Bonchev–Trinajstić information content (AvgIpc) is 3.85. The number of alkyl halides is 1. The number of hydrogen-bond donors (Lipinski definition) is 2. The number of hydrogen-bond acceptors (Lipinski definition) is 4. The molecule has 1 fully saturated rings. The maximum absolute atomic E-state index is 10.1. The summed E-state index contributed by atoms with van der Waals surface area (Å²) in [6.45, 7) is 14.2. The Morgan fingerprint density at radius 1 is 0.907 bits per heavy atom. The van der Waals surface area contributed by atoms with Gasteiger partial charge in [-0.2, -0.15) is 0 Å². The summed E-state index contributed by atoms with van der Waals surface area (Å²) < 4.78 is 20.4. The first-order chi connectivity index (χ1) is 20.7. The first kappa shape index (κ1) is 36.5. The predicted octanol–water partition coefficient (Wildman–Crippen LogP) is 6.76. The van der Waals surface area contributed by atoms with Gasteiger partial charge < -0.3 is 21.5 Å². The van der Waals surface area contributed by atoms with Crippen LogP contribution in [0.1, 0.15) is 51.7 Å². The molecule has 2 atom stereocenters. The number of epoxide rings is 1. The molecule has 5 rings (SSSR count). The van der Waals surface area contributed by atoms with Crippen molar-refractivity contribution in [2.45, 2.75) is 66.6 Å². The van der Waals surface area contributed by atoms with E-state index in [0.717, 1.165) is 30.1 Å². The number of nitrogens with one attached hydrogen (secondary N) is 1. The Kier molecular flexibility index (Phi) is 17.9. The number of rotatable bonds is 8. The van der Waals surface area contributed by atoms with Crippen LogP contribution in [0.5, 0.6) is 0 Å². The molecule has 43 heavy (non-hydrogen) atoms. The summed E-state index contributed by atoms with van der Waals surface area (Å²) in [7, 11) is -1.00. The molecule has 0 radical (unpaired) electrons. The van der Waals surface area contributed by atoms with Crippen molar-refractivity contribution < 1.29 is 46.6 Å². The minimum Gasteiger partial charge on any atom is -1.00 e. The molecule has 6 heteroatoms. The minimum absolute atomic E-state index is 0. The molecule has 2 N–H and O–H groups in total. The van der Waals surface area contributed by atoms with Crippen LogP contribution in [-0.4, -0.2) is 37.6 Å². The molecule has 1 saturated heterocycles. The molecule has 0 aliphatic carbocycles. The SMILES string of the molecule is CCC(O)CN(c1ccccc1)c1ccc(C)cc1C.CCC1CO1.Cc1ccc(Nc2ccccc2)c(C)c1.[2H]CF.[H-].[Na+]. The van der Waals surface area contributed by atoms with Crippen LogP contribution in [0.15, 0.2) is 97.1 Å². The van der Waals surface area contributed by atoms with Gasteiger partial charge in [-0.25, -0.2) is 0 Å². The molecular formula is C37H50FN2NaO2. The summed E-state index contributed by atoms with van der Waals surface area (Å²) in [5.41, 5.74) is 9.65. The van der Waals surface area contributed by atoms with Gasteiger partial charge in [0.05, 0.1) is 27.3 Å². The van der Waals surface area contributed by atoms with E-state index in [4.69, 9.17) is 6.11 Å². The van der Waals surface area contributed by atoms with Crippen LogP contribution >= 0.6 is 0 Å². The smallest absolute Gasteiger partial charge is 1.00 e. The molecule has 1 aliphatic rings. The van der Waals surface area contributed by atoms with E-state index in [1.165, 1.54) is 34.4 Å². The van der Waals surface area contributed by atoms with Crippen LogP contribution in [0.4, 0.5) is 27.1 Å². The zero-order valence-electron chi connectivity index (χ0n) is 29.1. The Hall–Kier alpha value is -2.67. The molecule has 0 aromatic heterocycles. The van der Waals surface area contributed by atoms with E-state index in [2.05, 4.69) is 105 Å². The molecule has 0 bridgehead atoms. The Morgan fingerprint density at radius 3 is 1.91 bits per heavy atom. The zero-order chi connectivity index (χ0) is 31.6. The van der Waals surface area contributed by atoms with E-state index in [-0.39, 0.29) is 37.1 Å². The molecule has 228 valence electrons. The van der Waals surface area contributed by atoms with E-state index in [1.54, 1.807) is 0 Å². The van der Waals surface area contributed by atoms with Crippen molar-refractivity contribution in [1.29, 1.82) is 0 Å². The largest absolute Gasteiger partial charge is 1.00 e. The first-order valence-corrected chi connectivity index (χ1v) is 14.7. The predicted molar refractivity (Wildman–Crippen MR) is 179 cm³/mol. The molecule has 0 saturated carbocycles. The minimum atomic E-state index is -1.00. The van der Waals surface area contributed by atoms with Crippen LogP contribution < -0.4 is 39.8 Å². The summed E-state index contributed by atoms with van der Waals surface area (Å²) in [5.74, 6) is 0. The summed E-state index contributed by atoms with van der Waals surface area (Å²) in [5, 5.41) is 13.5. The van der Waals surface area contributed by atoms with Crippen LogP contribution in [-0.2, 0) is 4.74 Å². The summed E-state index contributed by atoms with van der Waals surface area (Å²) in [6.07, 6.45) is 2.26. The number of anilines is 4. The van der Waals surface area contributed by atoms with Gasteiger partial charge >= 0.3 is 29.6 Å². The van der Waals surface area contributed by atoms with Gasteiger partial charge in [-0.1, -0.05) is 85.6 Å². The van der Waals surface area contributed by atoms with Crippen LogP contribution in [0.2, 0.25) is 0 Å². The van der Waals surface area contributed by atoms with E-state index in [1.807, 2.05) is 43.3 Å². The average molecular weight is 598 g/mol. The molecule has 4 aromatic rings. The van der Waals surface area contributed by atoms with Gasteiger partial charge in [0.1, 0.15) is 0 Å². The third-order valence-electron chi connectivity index (χ3n) is 6.87. The van der Waals surface area contributed by atoms with Crippen LogP contribution in [0.3, 0.4) is 0 Å². The second kappa shape index (κ2) is 21.1. The number of aliphatic hydroxyl groups excluding tert-OH is 1.